The first-order chi connectivity index (χ1) is 15.7. The molecule has 0 bridgehead atoms. The van der Waals surface area contributed by atoms with E-state index in [-0.39, 0.29) is 12.5 Å². The molecule has 162 valence electrons. The average Bonchev–Trinajstić information content (AvgIpc) is 2.88. The lowest BCUT2D eigenvalue weighted by molar-refractivity contribution is -0.133. The number of hydrogen-bond acceptors (Lipinski definition) is 5. The molecule has 6 nitrogen and oxygen atoms in total. The van der Waals surface area contributed by atoms with E-state index in [1.807, 2.05) is 65.6 Å². The van der Waals surface area contributed by atoms with Gasteiger partial charge < -0.3 is 19.3 Å². The molecule has 0 atom stereocenters. The highest BCUT2D eigenvalue weighted by Crippen LogP contribution is 2.23. The number of ether oxygens (including phenoxy) is 2. The number of carbonyl (C=O) groups is 1. The summed E-state index contributed by atoms with van der Waals surface area (Å²) < 4.78 is 10.9. The van der Waals surface area contributed by atoms with Crippen molar-refractivity contribution in [3.05, 3.63) is 78.4 Å². The summed E-state index contributed by atoms with van der Waals surface area (Å²) >= 11 is 0. The SMILES string of the molecule is COc1ccc(N2CCN(C(=O)COc3ccc(-c4ccc(C#N)cc4)cc3)CC2)cc1. The maximum atomic E-state index is 12.6. The molecule has 1 aliphatic heterocycles. The first-order valence-electron chi connectivity index (χ1n) is 10.6. The monoisotopic (exact) mass is 427 g/mol. The molecule has 0 aliphatic carbocycles. The van der Waals surface area contributed by atoms with E-state index < -0.39 is 0 Å². The third-order valence-corrected chi connectivity index (χ3v) is 5.63. The minimum Gasteiger partial charge on any atom is -0.497 e. The second-order valence-electron chi connectivity index (χ2n) is 7.57. The number of nitrogens with zero attached hydrogens (tertiary/aromatic N) is 3. The number of piperazine rings is 1. The van der Waals surface area contributed by atoms with Gasteiger partial charge in [0.05, 0.1) is 18.7 Å². The summed E-state index contributed by atoms with van der Waals surface area (Å²) in [6, 6.07) is 25.2. The van der Waals surface area contributed by atoms with Gasteiger partial charge in [-0.2, -0.15) is 5.26 Å². The summed E-state index contributed by atoms with van der Waals surface area (Å²) in [6.07, 6.45) is 0. The van der Waals surface area contributed by atoms with Crippen LogP contribution in [0.4, 0.5) is 5.69 Å². The van der Waals surface area contributed by atoms with Gasteiger partial charge in [-0.15, -0.1) is 0 Å². The molecule has 1 saturated heterocycles. The molecule has 4 rings (SSSR count). The van der Waals surface area contributed by atoms with Gasteiger partial charge in [-0.3, -0.25) is 4.79 Å². The average molecular weight is 428 g/mol. The Hall–Kier alpha value is -3.98. The lowest BCUT2D eigenvalue weighted by atomic mass is 10.0. The second kappa shape index (κ2) is 9.88. The third-order valence-electron chi connectivity index (χ3n) is 5.63. The number of nitriles is 1. The van der Waals surface area contributed by atoms with E-state index >= 15 is 0 Å². The molecule has 1 amide bonds. The predicted octanol–water partition coefficient (Wildman–Crippen LogP) is 3.96. The van der Waals surface area contributed by atoms with Crippen LogP contribution < -0.4 is 14.4 Å². The highest BCUT2D eigenvalue weighted by molar-refractivity contribution is 5.78. The Morgan fingerprint density at radius 2 is 1.41 bits per heavy atom. The normalized spacial score (nSPS) is 13.4. The second-order valence-corrected chi connectivity index (χ2v) is 7.57. The number of carbonyl (C=O) groups excluding carboxylic acids is 1. The smallest absolute Gasteiger partial charge is 0.260 e. The van der Waals surface area contributed by atoms with Crippen LogP contribution in [0.3, 0.4) is 0 Å². The number of anilines is 1. The first kappa shape index (κ1) is 21.3. The van der Waals surface area contributed by atoms with Crippen LogP contribution in [0.1, 0.15) is 5.56 Å². The van der Waals surface area contributed by atoms with Crippen molar-refractivity contribution in [1.82, 2.24) is 4.90 Å². The lowest BCUT2D eigenvalue weighted by Crippen LogP contribution is -2.50. The van der Waals surface area contributed by atoms with E-state index in [1.165, 1.54) is 0 Å². The van der Waals surface area contributed by atoms with Crippen molar-refractivity contribution in [2.75, 3.05) is 44.8 Å². The summed E-state index contributed by atoms with van der Waals surface area (Å²) in [5, 5.41) is 8.91. The maximum absolute atomic E-state index is 12.6. The van der Waals surface area contributed by atoms with E-state index in [9.17, 15) is 4.79 Å². The number of benzene rings is 3. The molecule has 1 heterocycles. The molecule has 0 N–H and O–H groups in total. The summed E-state index contributed by atoms with van der Waals surface area (Å²) in [5.74, 6) is 1.49. The zero-order valence-corrected chi connectivity index (χ0v) is 18.0. The number of methoxy groups -OCH3 is 1. The van der Waals surface area contributed by atoms with E-state index in [0.29, 0.717) is 24.4 Å². The summed E-state index contributed by atoms with van der Waals surface area (Å²) in [5.41, 5.74) is 3.83. The fraction of sp³-hybridized carbons (Fsp3) is 0.231. The van der Waals surface area contributed by atoms with Gasteiger partial charge in [0.1, 0.15) is 11.5 Å². The summed E-state index contributed by atoms with van der Waals surface area (Å²) in [6.45, 7) is 2.95. The molecule has 0 spiro atoms. The Morgan fingerprint density at radius 3 is 1.97 bits per heavy atom. The summed E-state index contributed by atoms with van der Waals surface area (Å²) in [4.78, 5) is 16.7. The van der Waals surface area contributed by atoms with E-state index in [1.54, 1.807) is 19.2 Å². The van der Waals surface area contributed by atoms with Crippen molar-refractivity contribution in [3.63, 3.8) is 0 Å². The number of amides is 1. The van der Waals surface area contributed by atoms with Crippen LogP contribution in [0.15, 0.2) is 72.8 Å². The van der Waals surface area contributed by atoms with E-state index in [2.05, 4.69) is 11.0 Å². The van der Waals surface area contributed by atoms with Crippen molar-refractivity contribution in [2.45, 2.75) is 0 Å². The molecule has 32 heavy (non-hydrogen) atoms. The largest absolute Gasteiger partial charge is 0.497 e. The Kier molecular flexibility index (Phi) is 6.57. The van der Waals surface area contributed by atoms with Crippen molar-refractivity contribution in [2.24, 2.45) is 0 Å². The van der Waals surface area contributed by atoms with Crippen molar-refractivity contribution < 1.29 is 14.3 Å². The van der Waals surface area contributed by atoms with Gasteiger partial charge >= 0.3 is 0 Å². The van der Waals surface area contributed by atoms with Crippen LogP contribution >= 0.6 is 0 Å². The Labute approximate surface area is 188 Å². The van der Waals surface area contributed by atoms with Crippen molar-refractivity contribution >= 4 is 11.6 Å². The molecular formula is C26H25N3O3. The molecule has 0 radical (unpaired) electrons. The molecule has 1 fully saturated rings. The van der Waals surface area contributed by atoms with Gasteiger partial charge in [-0.1, -0.05) is 24.3 Å². The molecular weight excluding hydrogens is 402 g/mol. The first-order valence-corrected chi connectivity index (χ1v) is 10.6. The molecule has 3 aromatic carbocycles. The molecule has 0 saturated carbocycles. The van der Waals surface area contributed by atoms with Crippen LogP contribution in [-0.2, 0) is 4.79 Å². The zero-order chi connectivity index (χ0) is 22.3. The van der Waals surface area contributed by atoms with Gasteiger partial charge in [-0.05, 0) is 59.7 Å². The van der Waals surface area contributed by atoms with Crippen LogP contribution in [0.2, 0.25) is 0 Å². The predicted molar refractivity (Wildman–Crippen MR) is 124 cm³/mol. The number of hydrogen-bond donors (Lipinski definition) is 0. The lowest BCUT2D eigenvalue weighted by Gasteiger charge is -2.36. The Bertz CT molecular complexity index is 1080. The van der Waals surface area contributed by atoms with Crippen molar-refractivity contribution in [1.29, 1.82) is 5.26 Å². The minimum atomic E-state index is -0.00412. The van der Waals surface area contributed by atoms with Gasteiger partial charge in [0, 0.05) is 31.9 Å². The quantitative estimate of drug-likeness (QED) is 0.596. The highest BCUT2D eigenvalue weighted by Gasteiger charge is 2.21. The highest BCUT2D eigenvalue weighted by atomic mass is 16.5. The molecule has 0 unspecified atom stereocenters. The van der Waals surface area contributed by atoms with Crippen molar-refractivity contribution in [3.8, 4) is 28.7 Å². The van der Waals surface area contributed by atoms with Crippen LogP contribution in [0, 0.1) is 11.3 Å². The fourth-order valence-corrected chi connectivity index (χ4v) is 3.72. The van der Waals surface area contributed by atoms with E-state index in [0.717, 1.165) is 35.7 Å². The molecule has 1 aliphatic rings. The van der Waals surface area contributed by atoms with Crippen LogP contribution in [0.25, 0.3) is 11.1 Å². The van der Waals surface area contributed by atoms with Gasteiger partial charge in [-0.25, -0.2) is 0 Å². The topological polar surface area (TPSA) is 65.8 Å². The standard InChI is InChI=1S/C26H25N3O3/c1-31-24-12-8-23(9-13-24)28-14-16-29(17-15-28)26(30)19-32-25-10-6-22(7-11-25)21-4-2-20(18-27)3-5-21/h2-13H,14-17,19H2,1H3. The fourth-order valence-electron chi connectivity index (χ4n) is 3.72. The van der Waals surface area contributed by atoms with Crippen LogP contribution in [-0.4, -0.2) is 50.7 Å². The van der Waals surface area contributed by atoms with Crippen LogP contribution in [0.5, 0.6) is 11.5 Å². The van der Waals surface area contributed by atoms with Gasteiger partial charge in [0.25, 0.3) is 5.91 Å². The Morgan fingerprint density at radius 1 is 0.844 bits per heavy atom. The summed E-state index contributed by atoms with van der Waals surface area (Å²) in [7, 11) is 1.66. The third kappa shape index (κ3) is 5.01. The molecule has 6 heteroatoms. The molecule has 3 aromatic rings. The zero-order valence-electron chi connectivity index (χ0n) is 18.0. The molecule has 0 aromatic heterocycles. The van der Waals surface area contributed by atoms with Gasteiger partial charge in [0.15, 0.2) is 6.61 Å². The maximum Gasteiger partial charge on any atom is 0.260 e. The Balaban J connectivity index is 1.26. The minimum absolute atomic E-state index is 0.00412. The van der Waals surface area contributed by atoms with E-state index in [4.69, 9.17) is 14.7 Å². The number of rotatable bonds is 6. The van der Waals surface area contributed by atoms with Gasteiger partial charge in [0.2, 0.25) is 0 Å².